The van der Waals surface area contributed by atoms with E-state index in [0.29, 0.717) is 5.02 Å². The van der Waals surface area contributed by atoms with Crippen molar-refractivity contribution in [3.63, 3.8) is 0 Å². The molecule has 3 rings (SSSR count). The van der Waals surface area contributed by atoms with Crippen molar-refractivity contribution >= 4 is 57.4 Å². The number of thiocarbonyl (C=S) groups is 1. The van der Waals surface area contributed by atoms with Crippen LogP contribution in [0.5, 0.6) is 0 Å². The van der Waals surface area contributed by atoms with Gasteiger partial charge in [0.15, 0.2) is 5.11 Å². The first-order valence-electron chi connectivity index (χ1n) is 7.42. The quantitative estimate of drug-likeness (QED) is 0.304. The molecule has 0 unspecified atom stereocenters. The summed E-state index contributed by atoms with van der Waals surface area (Å²) in [5, 5.41) is 19.5. The summed E-state index contributed by atoms with van der Waals surface area (Å²) in [6.45, 7) is 0. The number of aromatic nitrogens is 1. The Labute approximate surface area is 158 Å². The lowest BCUT2D eigenvalue weighted by molar-refractivity contribution is -0.385. The zero-order valence-electron chi connectivity index (χ0n) is 13.2. The Morgan fingerprint density at radius 1 is 1.27 bits per heavy atom. The Balaban J connectivity index is 1.72. The SMILES string of the molecule is O=[N+]([O-])c1ccc(Cl)cc1/C=N/NC(=S)Nc1cccc2cccnc12. The van der Waals surface area contributed by atoms with E-state index in [4.69, 9.17) is 23.8 Å². The van der Waals surface area contributed by atoms with Crippen molar-refractivity contribution < 1.29 is 4.92 Å². The van der Waals surface area contributed by atoms with Gasteiger partial charge in [-0.1, -0.05) is 29.8 Å². The number of anilines is 1. The summed E-state index contributed by atoms with van der Waals surface area (Å²) in [6, 6.07) is 13.7. The van der Waals surface area contributed by atoms with Gasteiger partial charge in [0.25, 0.3) is 5.69 Å². The number of nitrogens with zero attached hydrogens (tertiary/aromatic N) is 3. The van der Waals surface area contributed by atoms with Gasteiger partial charge < -0.3 is 5.32 Å². The predicted octanol–water partition coefficient (Wildman–Crippen LogP) is 4.12. The molecule has 1 aromatic heterocycles. The summed E-state index contributed by atoms with van der Waals surface area (Å²) >= 11 is 11.1. The minimum atomic E-state index is -0.504. The molecule has 9 heteroatoms. The Morgan fingerprint density at radius 3 is 2.88 bits per heavy atom. The average molecular weight is 386 g/mol. The lowest BCUT2D eigenvalue weighted by atomic mass is 10.2. The van der Waals surface area contributed by atoms with E-state index < -0.39 is 4.92 Å². The van der Waals surface area contributed by atoms with Gasteiger partial charge in [-0.2, -0.15) is 5.10 Å². The van der Waals surface area contributed by atoms with E-state index in [2.05, 4.69) is 20.8 Å². The molecule has 130 valence electrons. The molecule has 0 aliphatic heterocycles. The molecule has 0 spiro atoms. The third-order valence-corrected chi connectivity index (χ3v) is 3.87. The van der Waals surface area contributed by atoms with Gasteiger partial charge >= 0.3 is 0 Å². The van der Waals surface area contributed by atoms with Crippen LogP contribution in [0.4, 0.5) is 11.4 Å². The normalized spacial score (nSPS) is 10.8. The molecule has 1 heterocycles. The number of pyridine rings is 1. The van der Waals surface area contributed by atoms with Gasteiger partial charge in [0.05, 0.1) is 27.9 Å². The number of benzene rings is 2. The molecule has 0 aliphatic rings. The molecule has 0 bridgehead atoms. The van der Waals surface area contributed by atoms with Crippen LogP contribution >= 0.6 is 23.8 Å². The Hall–Kier alpha value is -3.10. The highest BCUT2D eigenvalue weighted by Crippen LogP contribution is 2.21. The van der Waals surface area contributed by atoms with Crippen molar-refractivity contribution in [3.05, 3.63) is 75.4 Å². The zero-order valence-corrected chi connectivity index (χ0v) is 14.8. The molecule has 0 fully saturated rings. The molecule has 2 N–H and O–H groups in total. The monoisotopic (exact) mass is 385 g/mol. The first kappa shape index (κ1) is 17.7. The van der Waals surface area contributed by atoms with Gasteiger partial charge in [0.1, 0.15) is 0 Å². The van der Waals surface area contributed by atoms with Crippen LogP contribution < -0.4 is 10.7 Å². The maximum Gasteiger partial charge on any atom is 0.278 e. The Morgan fingerprint density at radius 2 is 2.08 bits per heavy atom. The fourth-order valence-corrected chi connectivity index (χ4v) is 2.65. The minimum absolute atomic E-state index is 0.0999. The number of hydrazone groups is 1. The van der Waals surface area contributed by atoms with Crippen molar-refractivity contribution in [2.75, 3.05) is 5.32 Å². The molecule has 2 aromatic carbocycles. The van der Waals surface area contributed by atoms with Crippen molar-refractivity contribution in [2.45, 2.75) is 0 Å². The third-order valence-electron chi connectivity index (χ3n) is 3.44. The fraction of sp³-hybridized carbons (Fsp3) is 0. The Kier molecular flexibility index (Phi) is 5.35. The number of hydrogen-bond donors (Lipinski definition) is 2. The molecule has 0 saturated heterocycles. The fourth-order valence-electron chi connectivity index (χ4n) is 2.31. The largest absolute Gasteiger partial charge is 0.330 e. The molecular weight excluding hydrogens is 374 g/mol. The van der Waals surface area contributed by atoms with Crippen LogP contribution in [0, 0.1) is 10.1 Å². The molecule has 0 saturated carbocycles. The highest BCUT2D eigenvalue weighted by molar-refractivity contribution is 7.80. The van der Waals surface area contributed by atoms with Gasteiger partial charge in [0.2, 0.25) is 0 Å². The van der Waals surface area contributed by atoms with Gasteiger partial charge in [-0.05, 0) is 36.5 Å². The van der Waals surface area contributed by atoms with Crippen molar-refractivity contribution in [2.24, 2.45) is 5.10 Å². The van der Waals surface area contributed by atoms with Crippen molar-refractivity contribution in [1.82, 2.24) is 10.4 Å². The smallest absolute Gasteiger partial charge is 0.278 e. The molecule has 0 atom stereocenters. The minimum Gasteiger partial charge on any atom is -0.330 e. The van der Waals surface area contributed by atoms with Crippen LogP contribution in [0.3, 0.4) is 0 Å². The van der Waals surface area contributed by atoms with E-state index in [1.807, 2.05) is 30.3 Å². The molecule has 0 radical (unpaired) electrons. The molecular formula is C17H12ClN5O2S. The predicted molar refractivity (Wildman–Crippen MR) is 107 cm³/mol. The van der Waals surface area contributed by atoms with E-state index >= 15 is 0 Å². The van der Waals surface area contributed by atoms with Crippen molar-refractivity contribution in [1.29, 1.82) is 0 Å². The number of rotatable bonds is 4. The number of fused-ring (bicyclic) bond motifs is 1. The molecule has 0 aliphatic carbocycles. The van der Waals surface area contributed by atoms with Gasteiger partial charge in [-0.3, -0.25) is 20.5 Å². The Bertz CT molecular complexity index is 1020. The lowest BCUT2D eigenvalue weighted by Gasteiger charge is -2.09. The lowest BCUT2D eigenvalue weighted by Crippen LogP contribution is -2.24. The van der Waals surface area contributed by atoms with E-state index in [9.17, 15) is 10.1 Å². The topological polar surface area (TPSA) is 92.5 Å². The summed E-state index contributed by atoms with van der Waals surface area (Å²) < 4.78 is 0. The maximum absolute atomic E-state index is 11.0. The standard InChI is InChI=1S/C17H12ClN5O2S/c18-13-6-7-15(23(24)25)12(9-13)10-20-22-17(26)21-14-5-1-3-11-4-2-8-19-16(11)14/h1-10H,(H2,21,22,26)/b20-10+. The van der Waals surface area contributed by atoms with Crippen LogP contribution in [0.2, 0.25) is 5.02 Å². The summed E-state index contributed by atoms with van der Waals surface area (Å²) in [6.07, 6.45) is 2.99. The van der Waals surface area contributed by atoms with Crippen LogP contribution in [0.1, 0.15) is 5.56 Å². The van der Waals surface area contributed by atoms with Crippen LogP contribution in [-0.4, -0.2) is 21.2 Å². The van der Waals surface area contributed by atoms with E-state index in [1.54, 1.807) is 6.20 Å². The van der Waals surface area contributed by atoms with Crippen molar-refractivity contribution in [3.8, 4) is 0 Å². The van der Waals surface area contributed by atoms with Gasteiger partial charge in [0, 0.05) is 22.7 Å². The van der Waals surface area contributed by atoms with E-state index in [1.165, 1.54) is 24.4 Å². The number of para-hydroxylation sites is 1. The van der Waals surface area contributed by atoms with E-state index in [0.717, 1.165) is 16.6 Å². The second-order valence-corrected chi connectivity index (χ2v) is 6.01. The van der Waals surface area contributed by atoms with Gasteiger partial charge in [-0.15, -0.1) is 0 Å². The highest BCUT2D eigenvalue weighted by Gasteiger charge is 2.12. The van der Waals surface area contributed by atoms with Crippen LogP contribution in [0.15, 0.2) is 59.8 Å². The third kappa shape index (κ3) is 4.11. The number of hydrogen-bond acceptors (Lipinski definition) is 5. The first-order chi connectivity index (χ1) is 12.5. The molecule has 3 aromatic rings. The van der Waals surface area contributed by atoms with Crippen LogP contribution in [0.25, 0.3) is 10.9 Å². The molecule has 0 amide bonds. The summed E-state index contributed by atoms with van der Waals surface area (Å²) in [5.74, 6) is 0. The number of nitro benzene ring substituents is 1. The van der Waals surface area contributed by atoms with Gasteiger partial charge in [-0.25, -0.2) is 0 Å². The second kappa shape index (κ2) is 7.85. The van der Waals surface area contributed by atoms with Crippen LogP contribution in [-0.2, 0) is 0 Å². The summed E-state index contributed by atoms with van der Waals surface area (Å²) in [5.41, 5.74) is 4.29. The maximum atomic E-state index is 11.0. The van der Waals surface area contributed by atoms with E-state index in [-0.39, 0.29) is 16.4 Å². The number of halogens is 1. The first-order valence-corrected chi connectivity index (χ1v) is 8.21. The number of nitrogens with one attached hydrogen (secondary N) is 2. The highest BCUT2D eigenvalue weighted by atomic mass is 35.5. The summed E-state index contributed by atoms with van der Waals surface area (Å²) in [7, 11) is 0. The molecule has 26 heavy (non-hydrogen) atoms. The number of nitro groups is 1. The zero-order chi connectivity index (χ0) is 18.5. The summed E-state index contributed by atoms with van der Waals surface area (Å²) in [4.78, 5) is 14.9. The molecule has 7 nitrogen and oxygen atoms in total. The average Bonchev–Trinajstić information content (AvgIpc) is 2.62. The second-order valence-electron chi connectivity index (χ2n) is 5.17.